The van der Waals surface area contributed by atoms with E-state index >= 15 is 0 Å². The van der Waals surface area contributed by atoms with Crippen LogP contribution < -0.4 is 0 Å². The van der Waals surface area contributed by atoms with Crippen molar-refractivity contribution in [1.29, 1.82) is 0 Å². The lowest BCUT2D eigenvalue weighted by Crippen LogP contribution is -2.15. The molecule has 0 aliphatic heterocycles. The lowest BCUT2D eigenvalue weighted by Gasteiger charge is -2.11. The fraction of sp³-hybridized carbons (Fsp3) is 0.846. The molecule has 1 unspecified atom stereocenters. The topological polar surface area (TPSA) is 80.9 Å². The quantitative estimate of drug-likeness (QED) is 0.815. The Morgan fingerprint density at radius 1 is 1.47 bits per heavy atom. The van der Waals surface area contributed by atoms with E-state index in [0.29, 0.717) is 6.54 Å². The Morgan fingerprint density at radius 3 is 2.89 bits per heavy atom. The molecular weight excluding hydrogens is 244 g/mol. The van der Waals surface area contributed by atoms with Gasteiger partial charge in [0.05, 0.1) is 0 Å². The third-order valence-corrected chi connectivity index (χ3v) is 3.86. The van der Waals surface area contributed by atoms with Crippen LogP contribution in [0.1, 0.15) is 51.3 Å². The molecule has 0 bridgehead atoms. The Kier molecular flexibility index (Phi) is 4.87. The molecule has 0 saturated heterocycles. The third-order valence-electron chi connectivity index (χ3n) is 3.86. The van der Waals surface area contributed by atoms with Crippen LogP contribution in [0, 0.1) is 11.8 Å². The number of carbonyl (C=O) groups is 1. The molecule has 19 heavy (non-hydrogen) atoms. The van der Waals surface area contributed by atoms with E-state index in [0.717, 1.165) is 24.6 Å². The predicted octanol–water partition coefficient (Wildman–Crippen LogP) is 1.91. The minimum absolute atomic E-state index is 0.0474. The van der Waals surface area contributed by atoms with Crippen molar-refractivity contribution in [3.63, 3.8) is 0 Å². The van der Waals surface area contributed by atoms with E-state index in [1.807, 2.05) is 6.92 Å². The summed E-state index contributed by atoms with van der Waals surface area (Å²) in [5, 5.41) is 20.5. The molecule has 1 heterocycles. The number of carboxylic acid groups (broad SMARTS) is 1. The first-order valence-electron chi connectivity index (χ1n) is 7.12. The monoisotopic (exact) mass is 266 g/mol. The number of nitrogens with zero attached hydrogens (tertiary/aromatic N) is 4. The molecule has 1 aliphatic rings. The van der Waals surface area contributed by atoms with Crippen LogP contribution in [0.4, 0.5) is 0 Å². The van der Waals surface area contributed by atoms with Gasteiger partial charge in [0.1, 0.15) is 0 Å². The van der Waals surface area contributed by atoms with Gasteiger partial charge in [-0.1, -0.05) is 32.6 Å². The highest BCUT2D eigenvalue weighted by Gasteiger charge is 2.17. The summed E-state index contributed by atoms with van der Waals surface area (Å²) in [7, 11) is 0. The van der Waals surface area contributed by atoms with Crippen molar-refractivity contribution in [3.8, 4) is 0 Å². The standard InChI is InChI=1S/C13H22N4O2/c1-10(8-13(18)19)9-17-12(14-15-16-17)7-6-11-4-2-3-5-11/h10-11H,2-9H2,1H3,(H,18,19). The van der Waals surface area contributed by atoms with Crippen molar-refractivity contribution in [3.05, 3.63) is 5.82 Å². The van der Waals surface area contributed by atoms with Gasteiger partial charge in [-0.2, -0.15) is 0 Å². The van der Waals surface area contributed by atoms with Gasteiger partial charge < -0.3 is 5.11 Å². The number of hydrogen-bond donors (Lipinski definition) is 1. The van der Waals surface area contributed by atoms with Crippen molar-refractivity contribution in [2.24, 2.45) is 11.8 Å². The summed E-state index contributed by atoms with van der Waals surface area (Å²) in [6, 6.07) is 0. The van der Waals surface area contributed by atoms with E-state index in [1.54, 1.807) is 4.68 Å². The van der Waals surface area contributed by atoms with Crippen LogP contribution in [0.2, 0.25) is 0 Å². The molecular formula is C13H22N4O2. The van der Waals surface area contributed by atoms with Crippen molar-refractivity contribution in [1.82, 2.24) is 20.2 Å². The molecule has 0 spiro atoms. The van der Waals surface area contributed by atoms with E-state index < -0.39 is 5.97 Å². The van der Waals surface area contributed by atoms with E-state index in [4.69, 9.17) is 5.11 Å². The Bertz CT molecular complexity index is 413. The van der Waals surface area contributed by atoms with Crippen LogP contribution in [0.3, 0.4) is 0 Å². The highest BCUT2D eigenvalue weighted by molar-refractivity contribution is 5.66. The molecule has 1 atom stereocenters. The van der Waals surface area contributed by atoms with Crippen LogP contribution in [0.5, 0.6) is 0 Å². The van der Waals surface area contributed by atoms with Crippen molar-refractivity contribution >= 4 is 5.97 Å². The second-order valence-electron chi connectivity index (χ2n) is 5.67. The summed E-state index contributed by atoms with van der Waals surface area (Å²) in [6.07, 6.45) is 7.57. The first kappa shape index (κ1) is 14.0. The molecule has 1 saturated carbocycles. The molecule has 2 rings (SSSR count). The maximum absolute atomic E-state index is 10.7. The molecule has 1 aromatic heterocycles. The molecule has 0 aromatic carbocycles. The summed E-state index contributed by atoms with van der Waals surface area (Å²) in [5.74, 6) is 0.991. The van der Waals surface area contributed by atoms with Gasteiger partial charge in [0.2, 0.25) is 0 Å². The maximum Gasteiger partial charge on any atom is 0.303 e. The Morgan fingerprint density at radius 2 is 2.21 bits per heavy atom. The summed E-state index contributed by atoms with van der Waals surface area (Å²) in [4.78, 5) is 10.7. The third kappa shape index (κ3) is 4.29. The first-order chi connectivity index (χ1) is 9.15. The van der Waals surface area contributed by atoms with Crippen LogP contribution >= 0.6 is 0 Å². The molecule has 106 valence electrons. The zero-order valence-corrected chi connectivity index (χ0v) is 11.5. The van der Waals surface area contributed by atoms with Gasteiger partial charge in [-0.3, -0.25) is 4.79 Å². The smallest absolute Gasteiger partial charge is 0.303 e. The lowest BCUT2D eigenvalue weighted by atomic mass is 10.0. The number of aryl methyl sites for hydroxylation is 1. The molecule has 6 heteroatoms. The fourth-order valence-electron chi connectivity index (χ4n) is 2.83. The molecule has 0 radical (unpaired) electrons. The van der Waals surface area contributed by atoms with E-state index in [-0.39, 0.29) is 12.3 Å². The van der Waals surface area contributed by atoms with Crippen LogP contribution in [0.25, 0.3) is 0 Å². The first-order valence-corrected chi connectivity index (χ1v) is 7.12. The average Bonchev–Trinajstić information content (AvgIpc) is 2.96. The van der Waals surface area contributed by atoms with Crippen molar-refractivity contribution < 1.29 is 9.90 Å². The summed E-state index contributed by atoms with van der Waals surface area (Å²) >= 11 is 0. The van der Waals surface area contributed by atoms with Gasteiger partial charge >= 0.3 is 5.97 Å². The number of tetrazole rings is 1. The van der Waals surface area contributed by atoms with Gasteiger partial charge in [0.15, 0.2) is 5.82 Å². The van der Waals surface area contributed by atoms with Crippen LogP contribution in [-0.4, -0.2) is 31.3 Å². The largest absolute Gasteiger partial charge is 0.481 e. The molecule has 1 aromatic rings. The van der Waals surface area contributed by atoms with Crippen molar-refractivity contribution in [2.45, 2.75) is 58.4 Å². The Hall–Kier alpha value is -1.46. The molecule has 0 amide bonds. The minimum Gasteiger partial charge on any atom is -0.481 e. The van der Waals surface area contributed by atoms with Crippen LogP contribution in [0.15, 0.2) is 0 Å². The predicted molar refractivity (Wildman–Crippen MR) is 69.5 cm³/mol. The molecule has 1 N–H and O–H groups in total. The molecule has 6 nitrogen and oxygen atoms in total. The SMILES string of the molecule is CC(CC(=O)O)Cn1nnnc1CCC1CCCC1. The molecule has 1 aliphatic carbocycles. The zero-order valence-electron chi connectivity index (χ0n) is 11.5. The minimum atomic E-state index is -0.770. The van der Waals surface area contributed by atoms with E-state index in [1.165, 1.54) is 25.7 Å². The fourth-order valence-corrected chi connectivity index (χ4v) is 2.83. The Balaban J connectivity index is 1.84. The number of hydrogen-bond acceptors (Lipinski definition) is 4. The summed E-state index contributed by atoms with van der Waals surface area (Å²) < 4.78 is 1.77. The van der Waals surface area contributed by atoms with Gasteiger partial charge in [-0.25, -0.2) is 4.68 Å². The summed E-state index contributed by atoms with van der Waals surface area (Å²) in [6.45, 7) is 2.50. The van der Waals surface area contributed by atoms with Gasteiger partial charge in [-0.05, 0) is 28.7 Å². The molecule has 1 fully saturated rings. The average molecular weight is 266 g/mol. The highest BCUT2D eigenvalue weighted by Crippen LogP contribution is 2.28. The Labute approximate surface area is 113 Å². The second kappa shape index (κ2) is 6.63. The summed E-state index contributed by atoms with van der Waals surface area (Å²) in [5.41, 5.74) is 0. The number of rotatable bonds is 7. The second-order valence-corrected chi connectivity index (χ2v) is 5.67. The van der Waals surface area contributed by atoms with E-state index in [2.05, 4.69) is 15.5 Å². The van der Waals surface area contributed by atoms with Crippen molar-refractivity contribution in [2.75, 3.05) is 0 Å². The zero-order chi connectivity index (χ0) is 13.7. The van der Waals surface area contributed by atoms with E-state index in [9.17, 15) is 4.79 Å². The number of aromatic nitrogens is 4. The normalized spacial score (nSPS) is 17.7. The van der Waals surface area contributed by atoms with Gasteiger partial charge in [-0.15, -0.1) is 5.10 Å². The number of aliphatic carboxylic acids is 1. The van der Waals surface area contributed by atoms with Gasteiger partial charge in [0.25, 0.3) is 0 Å². The van der Waals surface area contributed by atoms with Crippen LogP contribution in [-0.2, 0) is 17.8 Å². The maximum atomic E-state index is 10.7. The van der Waals surface area contributed by atoms with Gasteiger partial charge in [0, 0.05) is 19.4 Å². The number of carboxylic acids is 1. The lowest BCUT2D eigenvalue weighted by molar-refractivity contribution is -0.138. The highest BCUT2D eigenvalue weighted by atomic mass is 16.4.